The van der Waals surface area contributed by atoms with Gasteiger partial charge in [-0.15, -0.1) is 0 Å². The molecule has 12 unspecified atom stereocenters. The van der Waals surface area contributed by atoms with Gasteiger partial charge < -0.3 is 0 Å². The summed E-state index contributed by atoms with van der Waals surface area (Å²) in [5.74, 6) is 11.6. The first-order valence-electron chi connectivity index (χ1n) is 14.5. The Kier molecular flexibility index (Phi) is 13.8. The number of hydrogen-bond acceptors (Lipinski definition) is 0. The first kappa shape index (κ1) is 32.0. The van der Waals surface area contributed by atoms with E-state index in [1.54, 1.807) is 0 Å². The van der Waals surface area contributed by atoms with E-state index >= 15 is 0 Å². The largest absolute Gasteiger partial charge is 0.0625 e. The molecule has 0 fully saturated rings. The summed E-state index contributed by atoms with van der Waals surface area (Å²) in [6, 6.07) is 0. The highest BCUT2D eigenvalue weighted by molar-refractivity contribution is 4.85. The van der Waals surface area contributed by atoms with Gasteiger partial charge in [0.1, 0.15) is 0 Å². The maximum atomic E-state index is 2.55. The molecule has 0 radical (unpaired) electrons. The lowest BCUT2D eigenvalue weighted by atomic mass is 9.63. The summed E-state index contributed by atoms with van der Waals surface area (Å²) in [7, 11) is 0. The molecule has 0 aliphatic heterocycles. The third-order valence-electron chi connectivity index (χ3n) is 12.1. The van der Waals surface area contributed by atoms with Gasteiger partial charge in [0.2, 0.25) is 0 Å². The third kappa shape index (κ3) is 8.05. The monoisotopic (exact) mass is 451 g/mol. The van der Waals surface area contributed by atoms with Crippen LogP contribution in [-0.2, 0) is 0 Å². The van der Waals surface area contributed by atoms with E-state index < -0.39 is 0 Å². The molecule has 0 aromatic carbocycles. The van der Waals surface area contributed by atoms with E-state index in [0.29, 0.717) is 0 Å². The van der Waals surface area contributed by atoms with E-state index in [1.165, 1.54) is 0 Å². The molecule has 0 aromatic rings. The summed E-state index contributed by atoms with van der Waals surface area (Å²) >= 11 is 0. The van der Waals surface area contributed by atoms with Gasteiger partial charge in [0.05, 0.1) is 0 Å². The fourth-order valence-corrected chi connectivity index (χ4v) is 6.48. The fraction of sp³-hybridized carbons (Fsp3) is 1.00. The minimum Gasteiger partial charge on any atom is -0.0625 e. The molecule has 32 heavy (non-hydrogen) atoms. The molecule has 0 nitrogen and oxygen atoms in total. The minimum absolute atomic E-state index is 0.764. The lowest BCUT2D eigenvalue weighted by molar-refractivity contribution is 0.0583. The van der Waals surface area contributed by atoms with Crippen molar-refractivity contribution < 1.29 is 0 Å². The van der Waals surface area contributed by atoms with Crippen LogP contribution in [0.25, 0.3) is 0 Å². The number of rotatable bonds is 14. The van der Waals surface area contributed by atoms with Crippen LogP contribution in [0.5, 0.6) is 0 Å². The Labute approximate surface area is 206 Å². The zero-order valence-electron chi connectivity index (χ0n) is 25.7. The second kappa shape index (κ2) is 13.8. The quantitative estimate of drug-likeness (QED) is 0.247. The van der Waals surface area contributed by atoms with Crippen LogP contribution in [0.4, 0.5) is 0 Å². The second-order valence-electron chi connectivity index (χ2n) is 13.7. The molecule has 0 saturated heterocycles. The van der Waals surface area contributed by atoms with Crippen molar-refractivity contribution in [2.24, 2.45) is 88.8 Å². The van der Waals surface area contributed by atoms with Crippen LogP contribution >= 0.6 is 0 Å². The predicted molar refractivity (Wildman–Crippen MR) is 149 cm³/mol. The van der Waals surface area contributed by atoms with Gasteiger partial charge in [0, 0.05) is 0 Å². The summed E-state index contributed by atoms with van der Waals surface area (Å²) in [5, 5.41) is 0. The predicted octanol–water partition coefficient (Wildman–Crippen LogP) is 10.6. The third-order valence-corrected chi connectivity index (χ3v) is 12.1. The van der Waals surface area contributed by atoms with E-state index in [9.17, 15) is 0 Å². The van der Waals surface area contributed by atoms with Crippen molar-refractivity contribution in [3.8, 4) is 0 Å². The maximum absolute atomic E-state index is 2.55. The Balaban J connectivity index is 5.23. The fourth-order valence-electron chi connectivity index (χ4n) is 6.48. The van der Waals surface area contributed by atoms with Gasteiger partial charge in [-0.2, -0.15) is 0 Å². The van der Waals surface area contributed by atoms with Crippen molar-refractivity contribution in [1.82, 2.24) is 0 Å². The molecule has 0 saturated carbocycles. The topological polar surface area (TPSA) is 0 Å². The van der Waals surface area contributed by atoms with E-state index in [0.717, 1.165) is 88.8 Å². The van der Waals surface area contributed by atoms with Gasteiger partial charge in [-0.3, -0.25) is 0 Å². The van der Waals surface area contributed by atoms with Crippen LogP contribution in [0.15, 0.2) is 0 Å². The Bertz CT molecular complexity index is 446. The SMILES string of the molecule is CC(C)C(C)C(C)C(C)C(C)C(C)C(C)C(C)C(C)C(C)C(C)C(C)C(C)C(C)C(C)C. The van der Waals surface area contributed by atoms with Crippen LogP contribution in [0.2, 0.25) is 0 Å². The van der Waals surface area contributed by atoms with Crippen molar-refractivity contribution in [3.05, 3.63) is 0 Å². The van der Waals surface area contributed by atoms with Gasteiger partial charge in [-0.05, 0) is 88.8 Å². The van der Waals surface area contributed by atoms with Crippen LogP contribution in [0, 0.1) is 88.8 Å². The Morgan fingerprint density at radius 2 is 0.250 bits per heavy atom. The van der Waals surface area contributed by atoms with E-state index in [2.05, 4.69) is 118 Å². The minimum atomic E-state index is 0.764. The van der Waals surface area contributed by atoms with Crippen molar-refractivity contribution in [3.63, 3.8) is 0 Å². The molecule has 12 atom stereocenters. The summed E-state index contributed by atoms with van der Waals surface area (Å²) in [6.45, 7) is 42.4. The highest BCUT2D eigenvalue weighted by Crippen LogP contribution is 2.43. The average molecular weight is 451 g/mol. The summed E-state index contributed by atoms with van der Waals surface area (Å²) < 4.78 is 0. The van der Waals surface area contributed by atoms with Crippen molar-refractivity contribution in [1.29, 1.82) is 0 Å². The zero-order chi connectivity index (χ0) is 25.7. The molecule has 0 spiro atoms. The lowest BCUT2D eigenvalue weighted by Crippen LogP contribution is -2.36. The summed E-state index contributed by atoms with van der Waals surface area (Å²) in [6.07, 6.45) is 0. The molecular formula is C32H66. The van der Waals surface area contributed by atoms with Crippen LogP contribution in [0.3, 0.4) is 0 Å². The average Bonchev–Trinajstić information content (AvgIpc) is 2.76. The smallest absolute Gasteiger partial charge is 0.0386 e. The summed E-state index contributed by atoms with van der Waals surface area (Å²) in [4.78, 5) is 0. The molecule has 0 N–H and O–H groups in total. The van der Waals surface area contributed by atoms with Crippen LogP contribution in [-0.4, -0.2) is 0 Å². The Morgan fingerprint density at radius 3 is 0.344 bits per heavy atom. The van der Waals surface area contributed by atoms with E-state index in [-0.39, 0.29) is 0 Å². The second-order valence-corrected chi connectivity index (χ2v) is 13.7. The zero-order valence-corrected chi connectivity index (χ0v) is 25.7. The van der Waals surface area contributed by atoms with Gasteiger partial charge in [0.15, 0.2) is 0 Å². The first-order valence-corrected chi connectivity index (χ1v) is 14.5. The van der Waals surface area contributed by atoms with Gasteiger partial charge in [0.25, 0.3) is 0 Å². The van der Waals surface area contributed by atoms with Crippen LogP contribution in [0.1, 0.15) is 118 Å². The van der Waals surface area contributed by atoms with Crippen molar-refractivity contribution in [2.75, 3.05) is 0 Å². The van der Waals surface area contributed by atoms with E-state index in [4.69, 9.17) is 0 Å². The Hall–Kier alpha value is 0. The highest BCUT2D eigenvalue weighted by Gasteiger charge is 2.37. The summed E-state index contributed by atoms with van der Waals surface area (Å²) in [5.41, 5.74) is 0. The maximum Gasteiger partial charge on any atom is -0.0386 e. The first-order chi connectivity index (χ1) is 14.5. The molecular weight excluding hydrogens is 384 g/mol. The van der Waals surface area contributed by atoms with Gasteiger partial charge >= 0.3 is 0 Å². The highest BCUT2D eigenvalue weighted by atomic mass is 14.4. The molecule has 194 valence electrons. The van der Waals surface area contributed by atoms with Gasteiger partial charge in [-0.1, -0.05) is 118 Å². The molecule has 0 heterocycles. The molecule has 0 heteroatoms. The molecule has 0 aromatic heterocycles. The molecule has 0 amide bonds. The lowest BCUT2D eigenvalue weighted by Gasteiger charge is -2.43. The number of hydrogen-bond donors (Lipinski definition) is 0. The Morgan fingerprint density at radius 1 is 0.156 bits per heavy atom. The molecule has 0 bridgehead atoms. The van der Waals surface area contributed by atoms with Crippen molar-refractivity contribution >= 4 is 0 Å². The van der Waals surface area contributed by atoms with Crippen molar-refractivity contribution in [2.45, 2.75) is 118 Å². The van der Waals surface area contributed by atoms with Crippen LogP contribution < -0.4 is 0 Å². The van der Waals surface area contributed by atoms with Gasteiger partial charge in [-0.25, -0.2) is 0 Å². The molecule has 0 aliphatic rings. The molecule has 0 rings (SSSR count). The van der Waals surface area contributed by atoms with E-state index in [1.807, 2.05) is 0 Å². The molecule has 0 aliphatic carbocycles. The standard InChI is InChI=1S/C32H66/c1-18(2)20(5)22(7)24(9)26(11)28(13)30(15)32(17)31(16)29(14)27(12)25(10)23(8)21(6)19(3)4/h18-32H,1-17H3. The normalized spacial score (nSPS) is 25.2.